The summed E-state index contributed by atoms with van der Waals surface area (Å²) in [6.07, 6.45) is 3.96. The van der Waals surface area contributed by atoms with Gasteiger partial charge in [0.1, 0.15) is 0 Å². The van der Waals surface area contributed by atoms with Gasteiger partial charge in [-0.15, -0.1) is 0 Å². The Morgan fingerprint density at radius 3 is 2.44 bits per heavy atom. The third-order valence-corrected chi connectivity index (χ3v) is 2.84. The number of rotatable bonds is 7. The molecular formula is C12H21NO3. The van der Waals surface area contributed by atoms with Gasteiger partial charge in [0.2, 0.25) is 5.91 Å². The molecule has 1 fully saturated rings. The zero-order valence-corrected chi connectivity index (χ0v) is 10.1. The number of nitrogens with one attached hydrogen (secondary N) is 1. The third-order valence-electron chi connectivity index (χ3n) is 2.84. The first-order chi connectivity index (χ1) is 7.39. The lowest BCUT2D eigenvalue weighted by molar-refractivity contribution is -0.139. The highest BCUT2D eigenvalue weighted by Gasteiger charge is 2.25. The number of hydrogen-bond donors (Lipinski definition) is 2. The van der Waals surface area contributed by atoms with Crippen LogP contribution in [0.4, 0.5) is 0 Å². The molecule has 4 nitrogen and oxygen atoms in total. The molecule has 4 heteroatoms. The number of carbonyl (C=O) groups excluding carboxylic acids is 1. The van der Waals surface area contributed by atoms with E-state index in [9.17, 15) is 9.59 Å². The molecule has 1 aliphatic rings. The molecule has 1 rings (SSSR count). The lowest BCUT2D eigenvalue weighted by Crippen LogP contribution is -2.30. The molecule has 2 N–H and O–H groups in total. The molecule has 0 atom stereocenters. The summed E-state index contributed by atoms with van der Waals surface area (Å²) in [5.41, 5.74) is -0.463. The van der Waals surface area contributed by atoms with Gasteiger partial charge in [0.25, 0.3) is 0 Å². The van der Waals surface area contributed by atoms with Gasteiger partial charge in [0, 0.05) is 13.0 Å². The van der Waals surface area contributed by atoms with E-state index in [1.807, 2.05) is 13.8 Å². The Morgan fingerprint density at radius 1 is 1.31 bits per heavy atom. The molecule has 0 aromatic rings. The molecule has 92 valence electrons. The van der Waals surface area contributed by atoms with Gasteiger partial charge in [-0.05, 0) is 17.8 Å². The molecule has 0 aromatic carbocycles. The molecule has 0 radical (unpaired) electrons. The molecule has 0 aromatic heterocycles. The van der Waals surface area contributed by atoms with Crippen LogP contribution in [0.1, 0.15) is 46.0 Å². The van der Waals surface area contributed by atoms with Crippen molar-refractivity contribution in [1.82, 2.24) is 5.32 Å². The number of carboxylic acids is 1. The summed E-state index contributed by atoms with van der Waals surface area (Å²) < 4.78 is 0. The highest BCUT2D eigenvalue weighted by atomic mass is 16.4. The summed E-state index contributed by atoms with van der Waals surface area (Å²) >= 11 is 0. The first kappa shape index (κ1) is 13.0. The Bertz CT molecular complexity index is 269. The topological polar surface area (TPSA) is 66.4 Å². The molecule has 0 bridgehead atoms. The van der Waals surface area contributed by atoms with Gasteiger partial charge in [-0.2, -0.15) is 0 Å². The van der Waals surface area contributed by atoms with Crippen LogP contribution in [0.5, 0.6) is 0 Å². The van der Waals surface area contributed by atoms with Crippen molar-refractivity contribution in [3.63, 3.8) is 0 Å². The Morgan fingerprint density at radius 2 is 1.94 bits per heavy atom. The van der Waals surface area contributed by atoms with Gasteiger partial charge < -0.3 is 10.4 Å². The highest BCUT2D eigenvalue weighted by molar-refractivity contribution is 5.77. The smallest absolute Gasteiger partial charge is 0.303 e. The fourth-order valence-electron chi connectivity index (χ4n) is 1.79. The zero-order valence-electron chi connectivity index (χ0n) is 10.1. The Hall–Kier alpha value is -1.06. The predicted molar refractivity (Wildman–Crippen MR) is 61.0 cm³/mol. The molecule has 0 aliphatic heterocycles. The van der Waals surface area contributed by atoms with E-state index in [0.717, 1.165) is 18.9 Å². The summed E-state index contributed by atoms with van der Waals surface area (Å²) in [7, 11) is 0. The van der Waals surface area contributed by atoms with Gasteiger partial charge in [-0.1, -0.05) is 26.7 Å². The van der Waals surface area contributed by atoms with Crippen molar-refractivity contribution in [1.29, 1.82) is 0 Å². The minimum Gasteiger partial charge on any atom is -0.481 e. The van der Waals surface area contributed by atoms with Crippen molar-refractivity contribution in [3.05, 3.63) is 0 Å². The minimum atomic E-state index is -0.851. The fraction of sp³-hybridized carbons (Fsp3) is 0.833. The number of amides is 1. The molecule has 0 saturated heterocycles. The number of carboxylic acid groups (broad SMARTS) is 1. The van der Waals surface area contributed by atoms with Crippen LogP contribution in [0, 0.1) is 11.3 Å². The SMILES string of the molecule is CC(C)(CC(=O)O)CC(=O)NCCC1CC1. The van der Waals surface area contributed by atoms with E-state index in [0.29, 0.717) is 0 Å². The average Bonchev–Trinajstić information content (AvgIpc) is 2.83. The standard InChI is InChI=1S/C12H21NO3/c1-12(2,8-11(15)16)7-10(14)13-6-5-9-3-4-9/h9H,3-8H2,1-2H3,(H,13,14)(H,15,16). The van der Waals surface area contributed by atoms with E-state index < -0.39 is 11.4 Å². The average molecular weight is 227 g/mol. The summed E-state index contributed by atoms with van der Waals surface area (Å²) in [5, 5.41) is 11.5. The summed E-state index contributed by atoms with van der Waals surface area (Å²) in [6, 6.07) is 0. The van der Waals surface area contributed by atoms with Crippen LogP contribution in [0.15, 0.2) is 0 Å². The Kier molecular flexibility index (Phi) is 4.33. The van der Waals surface area contributed by atoms with E-state index in [-0.39, 0.29) is 18.7 Å². The molecule has 1 aliphatic carbocycles. The largest absolute Gasteiger partial charge is 0.481 e. The highest BCUT2D eigenvalue weighted by Crippen LogP contribution is 2.31. The van der Waals surface area contributed by atoms with Crippen molar-refractivity contribution in [2.75, 3.05) is 6.54 Å². The van der Waals surface area contributed by atoms with E-state index >= 15 is 0 Å². The van der Waals surface area contributed by atoms with Crippen LogP contribution in [0.3, 0.4) is 0 Å². The molecule has 1 amide bonds. The normalized spacial score (nSPS) is 15.9. The molecule has 0 spiro atoms. The minimum absolute atomic E-state index is 0.0308. The summed E-state index contributed by atoms with van der Waals surface area (Å²) in [6.45, 7) is 4.34. The van der Waals surface area contributed by atoms with Crippen LogP contribution in [0.2, 0.25) is 0 Å². The number of carbonyl (C=O) groups is 2. The van der Waals surface area contributed by atoms with Crippen LogP contribution in [-0.4, -0.2) is 23.5 Å². The maximum Gasteiger partial charge on any atom is 0.303 e. The molecular weight excluding hydrogens is 206 g/mol. The maximum atomic E-state index is 11.5. The van der Waals surface area contributed by atoms with Crippen molar-refractivity contribution in [3.8, 4) is 0 Å². The van der Waals surface area contributed by atoms with Crippen LogP contribution < -0.4 is 5.32 Å². The van der Waals surface area contributed by atoms with Gasteiger partial charge in [-0.3, -0.25) is 9.59 Å². The van der Waals surface area contributed by atoms with E-state index in [1.54, 1.807) is 0 Å². The first-order valence-electron chi connectivity index (χ1n) is 5.87. The lowest BCUT2D eigenvalue weighted by atomic mass is 9.85. The monoisotopic (exact) mass is 227 g/mol. The molecule has 0 heterocycles. The Balaban J connectivity index is 2.17. The zero-order chi connectivity index (χ0) is 12.2. The molecule has 16 heavy (non-hydrogen) atoms. The predicted octanol–water partition coefficient (Wildman–Crippen LogP) is 1.79. The van der Waals surface area contributed by atoms with Crippen molar-refractivity contribution < 1.29 is 14.7 Å². The van der Waals surface area contributed by atoms with Crippen molar-refractivity contribution in [2.45, 2.75) is 46.0 Å². The number of aliphatic carboxylic acids is 1. The van der Waals surface area contributed by atoms with Crippen LogP contribution >= 0.6 is 0 Å². The third kappa shape index (κ3) is 5.73. The molecule has 0 unspecified atom stereocenters. The molecule has 1 saturated carbocycles. The van der Waals surface area contributed by atoms with E-state index in [4.69, 9.17) is 5.11 Å². The maximum absolute atomic E-state index is 11.5. The van der Waals surface area contributed by atoms with Gasteiger partial charge >= 0.3 is 5.97 Å². The second kappa shape index (κ2) is 5.32. The lowest BCUT2D eigenvalue weighted by Gasteiger charge is -2.21. The fourth-order valence-corrected chi connectivity index (χ4v) is 1.79. The van der Waals surface area contributed by atoms with Crippen LogP contribution in [0.25, 0.3) is 0 Å². The van der Waals surface area contributed by atoms with E-state index in [1.165, 1.54) is 12.8 Å². The number of hydrogen-bond acceptors (Lipinski definition) is 2. The van der Waals surface area contributed by atoms with Gasteiger partial charge in [0.15, 0.2) is 0 Å². The summed E-state index contributed by atoms with van der Waals surface area (Å²) in [5.74, 6) is -0.0741. The van der Waals surface area contributed by atoms with Gasteiger partial charge in [-0.25, -0.2) is 0 Å². The van der Waals surface area contributed by atoms with Crippen molar-refractivity contribution >= 4 is 11.9 Å². The van der Waals surface area contributed by atoms with Crippen LogP contribution in [-0.2, 0) is 9.59 Å². The first-order valence-corrected chi connectivity index (χ1v) is 5.87. The van der Waals surface area contributed by atoms with Crippen molar-refractivity contribution in [2.24, 2.45) is 11.3 Å². The van der Waals surface area contributed by atoms with E-state index in [2.05, 4.69) is 5.32 Å². The Labute approximate surface area is 96.4 Å². The summed E-state index contributed by atoms with van der Waals surface area (Å²) in [4.78, 5) is 22.1. The second-order valence-corrected chi connectivity index (χ2v) is 5.49. The second-order valence-electron chi connectivity index (χ2n) is 5.49. The van der Waals surface area contributed by atoms with Gasteiger partial charge in [0.05, 0.1) is 6.42 Å². The quantitative estimate of drug-likeness (QED) is 0.697.